The van der Waals surface area contributed by atoms with Crippen molar-refractivity contribution in [3.8, 4) is 16.9 Å². The molecule has 2 aromatic heterocycles. The number of aromatic nitrogens is 3. The number of nitrogens with one attached hydrogen (secondary N) is 1. The maximum absolute atomic E-state index is 12.6. The number of nitrogens with zero attached hydrogens (tertiary/aromatic N) is 3. The van der Waals surface area contributed by atoms with Gasteiger partial charge in [0.25, 0.3) is 0 Å². The Morgan fingerprint density at radius 3 is 2.93 bits per heavy atom. The number of carbonyl (C=O) groups is 1. The van der Waals surface area contributed by atoms with Gasteiger partial charge in [0.05, 0.1) is 11.8 Å². The largest absolute Gasteiger partial charge is 0.508 e. The van der Waals surface area contributed by atoms with E-state index >= 15 is 0 Å². The first-order valence-corrected chi connectivity index (χ1v) is 9.83. The quantitative estimate of drug-likeness (QED) is 0.529. The van der Waals surface area contributed by atoms with E-state index in [1.807, 2.05) is 36.5 Å². The summed E-state index contributed by atoms with van der Waals surface area (Å²) in [4.78, 5) is 21.1. The zero-order valence-corrected chi connectivity index (χ0v) is 16.4. The fraction of sp³-hybridized carbons (Fsp3) is 0.217. The molecular weight excluding hydrogens is 380 g/mol. The van der Waals surface area contributed by atoms with Crippen molar-refractivity contribution >= 4 is 16.7 Å². The summed E-state index contributed by atoms with van der Waals surface area (Å²) in [7, 11) is 0. The number of rotatable bonds is 5. The predicted molar refractivity (Wildman–Crippen MR) is 111 cm³/mol. The molecule has 1 fully saturated rings. The standard InChI is InChI=1S/C23H20N4O3/c1-13-26-23(30-27-13)20-10-19(20)22(29)25-11-15-5-6-17(14-3-2-4-16(28)9-14)18-7-8-24-12-21(15)18/h2-9,12,19-20,28H,10-11H2,1H3,(H,25,29)/t19-,20-/m0/s1. The monoisotopic (exact) mass is 400 g/mol. The minimum Gasteiger partial charge on any atom is -0.508 e. The van der Waals surface area contributed by atoms with Crippen LogP contribution in [0, 0.1) is 12.8 Å². The molecule has 0 aliphatic heterocycles. The molecule has 2 atom stereocenters. The van der Waals surface area contributed by atoms with E-state index < -0.39 is 0 Å². The molecular formula is C23H20N4O3. The van der Waals surface area contributed by atoms with Crippen molar-refractivity contribution in [1.29, 1.82) is 0 Å². The molecule has 1 amide bonds. The highest BCUT2D eigenvalue weighted by Gasteiger charge is 2.47. The van der Waals surface area contributed by atoms with Crippen LogP contribution in [0.1, 0.15) is 29.6 Å². The van der Waals surface area contributed by atoms with Crippen molar-refractivity contribution in [1.82, 2.24) is 20.4 Å². The molecule has 150 valence electrons. The minimum atomic E-state index is -0.124. The summed E-state index contributed by atoms with van der Waals surface area (Å²) in [5, 5.41) is 18.7. The molecule has 0 radical (unpaired) electrons. The van der Waals surface area contributed by atoms with Crippen LogP contribution in [-0.4, -0.2) is 26.1 Å². The van der Waals surface area contributed by atoms with Crippen LogP contribution in [0.4, 0.5) is 0 Å². The molecule has 0 bridgehead atoms. The Bertz CT molecular complexity index is 1250. The number of phenolic OH excluding ortho intramolecular Hbond substituents is 1. The van der Waals surface area contributed by atoms with Crippen molar-refractivity contribution in [2.45, 2.75) is 25.8 Å². The van der Waals surface area contributed by atoms with Gasteiger partial charge in [0.15, 0.2) is 5.82 Å². The summed E-state index contributed by atoms with van der Waals surface area (Å²) in [5.41, 5.74) is 2.92. The molecule has 0 unspecified atom stereocenters. The minimum absolute atomic E-state index is 0.00930. The number of aryl methyl sites for hydroxylation is 1. The number of hydrogen-bond donors (Lipinski definition) is 2. The third-order valence-corrected chi connectivity index (χ3v) is 5.51. The lowest BCUT2D eigenvalue weighted by Gasteiger charge is -2.12. The predicted octanol–water partition coefficient (Wildman–Crippen LogP) is 3.72. The van der Waals surface area contributed by atoms with E-state index in [4.69, 9.17) is 4.52 Å². The number of carbonyl (C=O) groups excluding carboxylic acids is 1. The van der Waals surface area contributed by atoms with Crippen LogP contribution >= 0.6 is 0 Å². The second kappa shape index (κ2) is 7.26. The maximum atomic E-state index is 12.6. The van der Waals surface area contributed by atoms with Crippen molar-refractivity contribution in [2.24, 2.45) is 5.92 Å². The third-order valence-electron chi connectivity index (χ3n) is 5.51. The fourth-order valence-corrected chi connectivity index (χ4v) is 3.86. The van der Waals surface area contributed by atoms with Gasteiger partial charge in [0, 0.05) is 24.3 Å². The topological polar surface area (TPSA) is 101 Å². The van der Waals surface area contributed by atoms with Crippen LogP contribution in [0.25, 0.3) is 21.9 Å². The van der Waals surface area contributed by atoms with E-state index in [-0.39, 0.29) is 23.5 Å². The number of aromatic hydroxyl groups is 1. The number of phenols is 1. The molecule has 1 aliphatic carbocycles. The van der Waals surface area contributed by atoms with Gasteiger partial charge in [-0.25, -0.2) is 0 Å². The SMILES string of the molecule is Cc1noc([C@H]2C[C@@H]2C(=O)NCc2ccc(-c3cccc(O)c3)c3ccncc23)n1. The average molecular weight is 400 g/mol. The highest BCUT2D eigenvalue weighted by Crippen LogP contribution is 2.46. The number of hydrogen-bond acceptors (Lipinski definition) is 6. The van der Waals surface area contributed by atoms with Crippen molar-refractivity contribution in [3.63, 3.8) is 0 Å². The van der Waals surface area contributed by atoms with Gasteiger partial charge in [-0.15, -0.1) is 0 Å². The zero-order valence-electron chi connectivity index (χ0n) is 16.4. The number of benzene rings is 2. The van der Waals surface area contributed by atoms with Gasteiger partial charge >= 0.3 is 0 Å². The van der Waals surface area contributed by atoms with Gasteiger partial charge in [-0.3, -0.25) is 9.78 Å². The highest BCUT2D eigenvalue weighted by molar-refractivity contribution is 5.98. The van der Waals surface area contributed by atoms with Crippen LogP contribution in [0.5, 0.6) is 5.75 Å². The van der Waals surface area contributed by atoms with Crippen LogP contribution < -0.4 is 5.32 Å². The van der Waals surface area contributed by atoms with Crippen molar-refractivity contribution in [2.75, 3.05) is 0 Å². The first kappa shape index (κ1) is 18.3. The van der Waals surface area contributed by atoms with Crippen LogP contribution in [0.2, 0.25) is 0 Å². The molecule has 7 nitrogen and oxygen atoms in total. The summed E-state index contributed by atoms with van der Waals surface area (Å²) >= 11 is 0. The van der Waals surface area contributed by atoms with E-state index in [1.165, 1.54) is 0 Å². The number of pyridine rings is 1. The van der Waals surface area contributed by atoms with E-state index in [1.54, 1.807) is 25.3 Å². The summed E-state index contributed by atoms with van der Waals surface area (Å²) in [6, 6.07) is 13.1. The summed E-state index contributed by atoms with van der Waals surface area (Å²) in [5.74, 6) is 1.23. The normalized spacial score (nSPS) is 17.8. The van der Waals surface area contributed by atoms with Crippen LogP contribution in [-0.2, 0) is 11.3 Å². The summed E-state index contributed by atoms with van der Waals surface area (Å²) < 4.78 is 5.19. The highest BCUT2D eigenvalue weighted by atomic mass is 16.5. The Kier molecular flexibility index (Phi) is 4.43. The van der Waals surface area contributed by atoms with E-state index in [9.17, 15) is 9.90 Å². The van der Waals surface area contributed by atoms with Gasteiger partial charge in [0.1, 0.15) is 5.75 Å². The number of fused-ring (bicyclic) bond motifs is 1. The van der Waals surface area contributed by atoms with E-state index in [2.05, 4.69) is 20.4 Å². The van der Waals surface area contributed by atoms with Crippen LogP contribution in [0.15, 0.2) is 59.4 Å². The van der Waals surface area contributed by atoms with Gasteiger partial charge in [0.2, 0.25) is 11.8 Å². The Morgan fingerprint density at radius 2 is 2.13 bits per heavy atom. The summed E-state index contributed by atoms with van der Waals surface area (Å²) in [6.07, 6.45) is 4.29. The second-order valence-corrected chi connectivity index (χ2v) is 7.59. The molecule has 2 N–H and O–H groups in total. The van der Waals surface area contributed by atoms with Crippen LogP contribution in [0.3, 0.4) is 0 Å². The molecule has 5 rings (SSSR count). The molecule has 30 heavy (non-hydrogen) atoms. The zero-order chi connectivity index (χ0) is 20.7. The van der Waals surface area contributed by atoms with Gasteiger partial charge in [-0.1, -0.05) is 29.4 Å². The molecule has 4 aromatic rings. The van der Waals surface area contributed by atoms with Crippen molar-refractivity contribution < 1.29 is 14.4 Å². The lowest BCUT2D eigenvalue weighted by molar-refractivity contribution is -0.122. The molecule has 2 heterocycles. The van der Waals surface area contributed by atoms with Crippen molar-refractivity contribution in [3.05, 3.63) is 72.1 Å². The van der Waals surface area contributed by atoms with Gasteiger partial charge in [-0.2, -0.15) is 4.98 Å². The lowest BCUT2D eigenvalue weighted by atomic mass is 9.96. The third kappa shape index (κ3) is 3.39. The lowest BCUT2D eigenvalue weighted by Crippen LogP contribution is -2.25. The van der Waals surface area contributed by atoms with Gasteiger partial charge < -0.3 is 14.9 Å². The molecule has 7 heteroatoms. The Hall–Kier alpha value is -3.74. The van der Waals surface area contributed by atoms with Gasteiger partial charge in [-0.05, 0) is 53.6 Å². The molecule has 1 saturated carbocycles. The Balaban J connectivity index is 1.36. The van der Waals surface area contributed by atoms with E-state index in [0.717, 1.165) is 33.9 Å². The molecule has 2 aromatic carbocycles. The second-order valence-electron chi connectivity index (χ2n) is 7.59. The van der Waals surface area contributed by atoms with E-state index in [0.29, 0.717) is 18.3 Å². The molecule has 0 spiro atoms. The fourth-order valence-electron chi connectivity index (χ4n) is 3.86. The first-order chi connectivity index (χ1) is 14.6. The summed E-state index contributed by atoms with van der Waals surface area (Å²) in [6.45, 7) is 2.18. The maximum Gasteiger partial charge on any atom is 0.230 e. The number of amides is 1. The molecule has 0 saturated heterocycles. The Labute approximate surface area is 172 Å². The molecule has 1 aliphatic rings. The Morgan fingerprint density at radius 1 is 1.23 bits per heavy atom. The average Bonchev–Trinajstić information content (AvgIpc) is 3.45. The first-order valence-electron chi connectivity index (χ1n) is 9.83. The smallest absolute Gasteiger partial charge is 0.230 e.